The Kier molecular flexibility index (Phi) is 2.49. The molecule has 3 aromatic rings. The van der Waals surface area contributed by atoms with E-state index in [0.717, 1.165) is 10.9 Å². The maximum absolute atomic E-state index is 11.2. The summed E-state index contributed by atoms with van der Waals surface area (Å²) in [7, 11) is 0. The summed E-state index contributed by atoms with van der Waals surface area (Å²) in [6, 6.07) is 8.99. The fraction of sp³-hybridized carbons (Fsp3) is 0.0769. The van der Waals surface area contributed by atoms with Gasteiger partial charge in [0.05, 0.1) is 11.2 Å². The van der Waals surface area contributed by atoms with Crippen LogP contribution in [0, 0.1) is 6.92 Å². The van der Waals surface area contributed by atoms with Crippen molar-refractivity contribution in [3.05, 3.63) is 47.9 Å². The van der Waals surface area contributed by atoms with Crippen molar-refractivity contribution in [2.75, 3.05) is 0 Å². The number of benzene rings is 1. The lowest BCUT2D eigenvalue weighted by Crippen LogP contribution is -2.11. The third-order valence-corrected chi connectivity index (χ3v) is 2.72. The molecular formula is C13H10N4O2. The molecule has 0 fully saturated rings. The standard InChI is InChI=1S/C13H10N4O2/c1-8-6-11(12(18)19)17(16-8)13-14-7-9-4-2-3-5-10(9)15-13/h2-7H,1H3,(H,18,19). The molecule has 6 nitrogen and oxygen atoms in total. The predicted octanol–water partition coefficient (Wildman–Crippen LogP) is 1.82. The molecule has 2 heterocycles. The molecule has 0 aliphatic carbocycles. The van der Waals surface area contributed by atoms with Crippen LogP contribution in [0.3, 0.4) is 0 Å². The highest BCUT2D eigenvalue weighted by Crippen LogP contribution is 2.13. The number of aryl methyl sites for hydroxylation is 1. The molecule has 1 aromatic carbocycles. The van der Waals surface area contributed by atoms with Gasteiger partial charge in [0, 0.05) is 11.6 Å². The second-order valence-electron chi connectivity index (χ2n) is 4.12. The number of rotatable bonds is 2. The maximum Gasteiger partial charge on any atom is 0.354 e. The second-order valence-corrected chi connectivity index (χ2v) is 4.12. The van der Waals surface area contributed by atoms with E-state index in [0.29, 0.717) is 5.69 Å². The minimum atomic E-state index is -1.06. The first-order valence-corrected chi connectivity index (χ1v) is 5.67. The van der Waals surface area contributed by atoms with Crippen molar-refractivity contribution in [2.45, 2.75) is 6.92 Å². The van der Waals surface area contributed by atoms with Crippen LogP contribution in [0.15, 0.2) is 36.5 Å². The van der Waals surface area contributed by atoms with Crippen molar-refractivity contribution in [3.8, 4) is 5.95 Å². The van der Waals surface area contributed by atoms with Crippen molar-refractivity contribution in [1.29, 1.82) is 0 Å². The zero-order valence-electron chi connectivity index (χ0n) is 10.1. The van der Waals surface area contributed by atoms with Crippen LogP contribution in [0.5, 0.6) is 0 Å². The van der Waals surface area contributed by atoms with E-state index < -0.39 is 5.97 Å². The smallest absolute Gasteiger partial charge is 0.354 e. The third-order valence-electron chi connectivity index (χ3n) is 2.72. The minimum Gasteiger partial charge on any atom is -0.477 e. The summed E-state index contributed by atoms with van der Waals surface area (Å²) >= 11 is 0. The van der Waals surface area contributed by atoms with Crippen molar-refractivity contribution in [2.24, 2.45) is 0 Å². The Morgan fingerprint density at radius 2 is 2.11 bits per heavy atom. The number of carboxylic acids is 1. The molecule has 3 rings (SSSR count). The summed E-state index contributed by atoms with van der Waals surface area (Å²) in [5.74, 6) is -0.804. The molecule has 0 spiro atoms. The molecule has 94 valence electrons. The first kappa shape index (κ1) is 11.3. The van der Waals surface area contributed by atoms with Gasteiger partial charge in [0.2, 0.25) is 0 Å². The quantitative estimate of drug-likeness (QED) is 0.754. The van der Waals surface area contributed by atoms with E-state index in [2.05, 4.69) is 15.1 Å². The number of aromatic nitrogens is 4. The zero-order chi connectivity index (χ0) is 13.4. The average Bonchev–Trinajstić information content (AvgIpc) is 2.80. The first-order chi connectivity index (χ1) is 9.15. The molecule has 6 heteroatoms. The lowest BCUT2D eigenvalue weighted by Gasteiger charge is -2.03. The Morgan fingerprint density at radius 3 is 2.89 bits per heavy atom. The van der Waals surface area contributed by atoms with Crippen molar-refractivity contribution in [3.63, 3.8) is 0 Å². The fourth-order valence-corrected chi connectivity index (χ4v) is 1.87. The summed E-state index contributed by atoms with van der Waals surface area (Å²) < 4.78 is 1.24. The molecule has 19 heavy (non-hydrogen) atoms. The van der Waals surface area contributed by atoms with Gasteiger partial charge in [0.1, 0.15) is 0 Å². The Labute approximate surface area is 108 Å². The van der Waals surface area contributed by atoms with Crippen LogP contribution in [0.2, 0.25) is 0 Å². The molecule has 0 saturated heterocycles. The molecule has 0 aliphatic rings. The number of carboxylic acid groups (broad SMARTS) is 1. The highest BCUT2D eigenvalue weighted by molar-refractivity contribution is 5.86. The Hall–Kier alpha value is -2.76. The van der Waals surface area contributed by atoms with Crippen molar-refractivity contribution >= 4 is 16.9 Å². The zero-order valence-corrected chi connectivity index (χ0v) is 10.1. The van der Waals surface area contributed by atoms with Crippen LogP contribution in [-0.2, 0) is 0 Å². The van der Waals surface area contributed by atoms with Gasteiger partial charge < -0.3 is 5.11 Å². The largest absolute Gasteiger partial charge is 0.477 e. The van der Waals surface area contributed by atoms with Gasteiger partial charge in [-0.2, -0.15) is 9.78 Å². The van der Waals surface area contributed by atoms with Crippen LogP contribution >= 0.6 is 0 Å². The van der Waals surface area contributed by atoms with E-state index >= 15 is 0 Å². The fourth-order valence-electron chi connectivity index (χ4n) is 1.87. The van der Waals surface area contributed by atoms with Gasteiger partial charge in [-0.05, 0) is 19.1 Å². The number of hydrogen-bond donors (Lipinski definition) is 1. The van der Waals surface area contributed by atoms with Crippen LogP contribution in [-0.4, -0.2) is 30.8 Å². The number of nitrogens with zero attached hydrogens (tertiary/aromatic N) is 4. The third kappa shape index (κ3) is 1.93. The monoisotopic (exact) mass is 254 g/mol. The molecular weight excluding hydrogens is 244 g/mol. The summed E-state index contributed by atoms with van der Waals surface area (Å²) in [4.78, 5) is 19.6. The summed E-state index contributed by atoms with van der Waals surface area (Å²) in [6.45, 7) is 1.73. The SMILES string of the molecule is Cc1cc(C(=O)O)n(-c2ncc3ccccc3n2)n1. The molecule has 0 aliphatic heterocycles. The van der Waals surface area contributed by atoms with Crippen LogP contribution in [0.25, 0.3) is 16.9 Å². The van der Waals surface area contributed by atoms with Crippen molar-refractivity contribution < 1.29 is 9.90 Å². The van der Waals surface area contributed by atoms with Crippen LogP contribution in [0.4, 0.5) is 0 Å². The van der Waals surface area contributed by atoms with Crippen LogP contribution < -0.4 is 0 Å². The molecule has 0 atom stereocenters. The average molecular weight is 254 g/mol. The molecule has 0 bridgehead atoms. The van der Waals surface area contributed by atoms with Gasteiger partial charge in [-0.25, -0.2) is 14.8 Å². The van der Waals surface area contributed by atoms with E-state index in [-0.39, 0.29) is 11.6 Å². The van der Waals surface area contributed by atoms with Gasteiger partial charge in [0.25, 0.3) is 5.95 Å². The highest BCUT2D eigenvalue weighted by atomic mass is 16.4. The summed E-state index contributed by atoms with van der Waals surface area (Å²) in [5, 5.41) is 14.2. The summed E-state index contributed by atoms with van der Waals surface area (Å²) in [6.07, 6.45) is 1.65. The van der Waals surface area contributed by atoms with E-state index in [1.165, 1.54) is 10.7 Å². The lowest BCUT2D eigenvalue weighted by atomic mass is 10.2. The van der Waals surface area contributed by atoms with E-state index in [4.69, 9.17) is 5.11 Å². The van der Waals surface area contributed by atoms with E-state index in [9.17, 15) is 4.79 Å². The topological polar surface area (TPSA) is 80.9 Å². The van der Waals surface area contributed by atoms with Crippen LogP contribution in [0.1, 0.15) is 16.2 Å². The maximum atomic E-state index is 11.2. The minimum absolute atomic E-state index is 0.0489. The molecule has 1 N–H and O–H groups in total. The molecule has 2 aromatic heterocycles. The Morgan fingerprint density at radius 1 is 1.32 bits per heavy atom. The number of hydrogen-bond acceptors (Lipinski definition) is 4. The normalized spacial score (nSPS) is 10.8. The molecule has 0 unspecified atom stereocenters. The van der Waals surface area contributed by atoms with E-state index in [1.807, 2.05) is 24.3 Å². The molecule has 0 saturated carbocycles. The second kappa shape index (κ2) is 4.16. The van der Waals surface area contributed by atoms with Gasteiger partial charge in [-0.15, -0.1) is 0 Å². The van der Waals surface area contributed by atoms with Gasteiger partial charge in [0.15, 0.2) is 5.69 Å². The van der Waals surface area contributed by atoms with E-state index in [1.54, 1.807) is 13.1 Å². The Balaban J connectivity index is 2.21. The van der Waals surface area contributed by atoms with Crippen molar-refractivity contribution in [1.82, 2.24) is 19.7 Å². The predicted molar refractivity (Wildman–Crippen MR) is 68.4 cm³/mol. The number of aromatic carboxylic acids is 1. The highest BCUT2D eigenvalue weighted by Gasteiger charge is 2.16. The lowest BCUT2D eigenvalue weighted by molar-refractivity contribution is 0.0686. The van der Waals surface area contributed by atoms with Gasteiger partial charge >= 0.3 is 5.97 Å². The molecule has 0 radical (unpaired) electrons. The molecule has 0 amide bonds. The number of para-hydroxylation sites is 1. The Bertz CT molecular complexity index is 779. The summed E-state index contributed by atoms with van der Waals surface area (Å²) in [5.41, 5.74) is 1.40. The first-order valence-electron chi connectivity index (χ1n) is 5.67. The van der Waals surface area contributed by atoms with Gasteiger partial charge in [-0.3, -0.25) is 0 Å². The number of carbonyl (C=O) groups is 1. The number of fused-ring (bicyclic) bond motifs is 1. The van der Waals surface area contributed by atoms with Gasteiger partial charge in [-0.1, -0.05) is 18.2 Å².